The van der Waals surface area contributed by atoms with Crippen LogP contribution in [0.3, 0.4) is 0 Å². The molecule has 0 fully saturated rings. The molecule has 1 aliphatic rings. The van der Waals surface area contributed by atoms with Crippen molar-refractivity contribution < 1.29 is 19.0 Å². The minimum atomic E-state index is -0.470. The first-order valence-electron chi connectivity index (χ1n) is 5.51. The zero-order chi connectivity index (χ0) is 14.0. The summed E-state index contributed by atoms with van der Waals surface area (Å²) in [5.41, 5.74) is 0.798. The molecule has 4 nitrogen and oxygen atoms in total. The maximum atomic E-state index is 11.4. The number of hydrogen-bond acceptors (Lipinski definition) is 4. The molecule has 0 radical (unpaired) electrons. The third-order valence-corrected chi connectivity index (χ3v) is 3.97. The average Bonchev–Trinajstić information content (AvgIpc) is 2.81. The van der Waals surface area contributed by atoms with Crippen LogP contribution in [0.1, 0.15) is 18.6 Å². The normalized spacial score (nSPS) is 16.0. The second kappa shape index (κ2) is 6.33. The first kappa shape index (κ1) is 14.9. The van der Waals surface area contributed by atoms with Crippen molar-refractivity contribution in [2.75, 3.05) is 12.7 Å². The third kappa shape index (κ3) is 3.35. The van der Waals surface area contributed by atoms with E-state index in [4.69, 9.17) is 25.8 Å². The molecule has 2 atom stereocenters. The fourth-order valence-electron chi connectivity index (χ4n) is 1.73. The van der Waals surface area contributed by atoms with E-state index < -0.39 is 12.1 Å². The van der Waals surface area contributed by atoms with Gasteiger partial charge in [0.2, 0.25) is 6.79 Å². The summed E-state index contributed by atoms with van der Waals surface area (Å²) in [5, 5.41) is 0. The van der Waals surface area contributed by atoms with E-state index in [1.54, 1.807) is 12.1 Å². The van der Waals surface area contributed by atoms with E-state index in [9.17, 15) is 4.79 Å². The van der Waals surface area contributed by atoms with Gasteiger partial charge in [-0.15, -0.1) is 11.6 Å². The molecule has 104 valence electrons. The van der Waals surface area contributed by atoms with Crippen molar-refractivity contribution >= 4 is 49.4 Å². The molecule has 2 unspecified atom stereocenters. The van der Waals surface area contributed by atoms with E-state index in [1.165, 1.54) is 0 Å². The number of hydrogen-bond donors (Lipinski definition) is 0. The van der Waals surface area contributed by atoms with Gasteiger partial charge >= 0.3 is 5.97 Å². The Bertz CT molecular complexity index is 493. The van der Waals surface area contributed by atoms with Crippen molar-refractivity contribution in [3.8, 4) is 11.5 Å². The van der Waals surface area contributed by atoms with Crippen molar-refractivity contribution in [1.82, 2.24) is 0 Å². The fourth-order valence-corrected chi connectivity index (χ4v) is 2.73. The molecule has 0 saturated carbocycles. The highest BCUT2D eigenvalue weighted by Gasteiger charge is 2.27. The van der Waals surface area contributed by atoms with Gasteiger partial charge in [0.1, 0.15) is 12.0 Å². The van der Waals surface area contributed by atoms with Gasteiger partial charge < -0.3 is 14.2 Å². The predicted octanol–water partition coefficient (Wildman–Crippen LogP) is 3.78. The van der Waals surface area contributed by atoms with Crippen LogP contribution in [0.2, 0.25) is 0 Å². The van der Waals surface area contributed by atoms with Crippen LogP contribution in [0.4, 0.5) is 0 Å². The smallest absolute Gasteiger partial charge is 0.321 e. The predicted molar refractivity (Wildman–Crippen MR) is 78.2 cm³/mol. The number of carbonyl (C=O) groups is 1. The van der Waals surface area contributed by atoms with Crippen LogP contribution in [-0.2, 0) is 9.53 Å². The number of esters is 1. The molecule has 2 rings (SSSR count). The fraction of sp³-hybridized carbons (Fsp3) is 0.417. The van der Waals surface area contributed by atoms with Gasteiger partial charge in [-0.25, -0.2) is 0 Å². The summed E-state index contributed by atoms with van der Waals surface area (Å²) in [6, 6.07) is 3.60. The van der Waals surface area contributed by atoms with Crippen molar-refractivity contribution in [3.63, 3.8) is 0 Å². The summed E-state index contributed by atoms with van der Waals surface area (Å²) in [7, 11) is 0. The molecule has 0 aliphatic carbocycles. The van der Waals surface area contributed by atoms with Gasteiger partial charge in [-0.3, -0.25) is 4.79 Å². The summed E-state index contributed by atoms with van der Waals surface area (Å²) in [4.78, 5) is 11.3. The molecule has 0 aromatic heterocycles. The first-order chi connectivity index (χ1) is 9.02. The molecular formula is C12H11Br2ClO4. The second-order valence-corrected chi connectivity index (χ2v) is 6.51. The molecule has 0 spiro atoms. The van der Waals surface area contributed by atoms with Gasteiger partial charge in [0.05, 0.1) is 4.83 Å². The Morgan fingerprint density at radius 3 is 2.68 bits per heavy atom. The van der Waals surface area contributed by atoms with Gasteiger partial charge in [-0.2, -0.15) is 0 Å². The summed E-state index contributed by atoms with van der Waals surface area (Å²) in [6.45, 7) is 2.09. The van der Waals surface area contributed by atoms with Crippen LogP contribution in [0.15, 0.2) is 16.6 Å². The van der Waals surface area contributed by atoms with E-state index in [-0.39, 0.29) is 17.5 Å². The summed E-state index contributed by atoms with van der Waals surface area (Å²) < 4.78 is 16.7. The van der Waals surface area contributed by atoms with Gasteiger partial charge in [0.15, 0.2) is 11.5 Å². The highest BCUT2D eigenvalue weighted by atomic mass is 79.9. The van der Waals surface area contributed by atoms with Crippen molar-refractivity contribution in [2.45, 2.75) is 17.9 Å². The zero-order valence-corrected chi connectivity index (χ0v) is 13.9. The zero-order valence-electron chi connectivity index (χ0n) is 9.99. The first-order valence-corrected chi connectivity index (χ1v) is 7.75. The Morgan fingerprint density at radius 2 is 2.11 bits per heavy atom. The Hall–Kier alpha value is -0.460. The minimum absolute atomic E-state index is 0.0728. The Balaban J connectivity index is 2.34. The van der Waals surface area contributed by atoms with E-state index >= 15 is 0 Å². The van der Waals surface area contributed by atoms with Crippen molar-refractivity contribution in [1.29, 1.82) is 0 Å². The molecule has 1 aromatic rings. The molecule has 1 aromatic carbocycles. The molecule has 19 heavy (non-hydrogen) atoms. The summed E-state index contributed by atoms with van der Waals surface area (Å²) >= 11 is 12.4. The maximum absolute atomic E-state index is 11.4. The summed E-state index contributed by atoms with van der Waals surface area (Å²) in [5.74, 6) is 0.652. The number of benzene rings is 1. The molecule has 0 saturated heterocycles. The molecule has 1 aliphatic heterocycles. The van der Waals surface area contributed by atoms with E-state index in [0.717, 1.165) is 10.0 Å². The molecule has 0 bridgehead atoms. The lowest BCUT2D eigenvalue weighted by atomic mass is 10.1. The molecule has 1 heterocycles. The minimum Gasteiger partial charge on any atom is -0.455 e. The SMILES string of the molecule is CC(Br)C(OC(=O)CCl)c1cc2c(cc1Br)OCO2. The van der Waals surface area contributed by atoms with Gasteiger partial charge in [-0.05, 0) is 19.1 Å². The number of halogens is 3. The lowest BCUT2D eigenvalue weighted by Gasteiger charge is -2.21. The lowest BCUT2D eigenvalue weighted by Crippen LogP contribution is -2.19. The van der Waals surface area contributed by atoms with Gasteiger partial charge in [0, 0.05) is 10.0 Å². The maximum Gasteiger partial charge on any atom is 0.321 e. The van der Waals surface area contributed by atoms with Crippen LogP contribution < -0.4 is 9.47 Å². The monoisotopic (exact) mass is 412 g/mol. The highest BCUT2D eigenvalue weighted by molar-refractivity contribution is 9.10. The molecular weight excluding hydrogens is 403 g/mol. The van der Waals surface area contributed by atoms with Crippen LogP contribution in [0, 0.1) is 0 Å². The molecule has 0 amide bonds. The average molecular weight is 414 g/mol. The summed E-state index contributed by atoms with van der Waals surface area (Å²) in [6.07, 6.45) is -0.463. The standard InChI is InChI=1S/C12H11Br2ClO4/c1-6(13)12(19-11(16)4-15)7-2-9-10(3-8(7)14)18-5-17-9/h2-3,6,12H,4-5H2,1H3. The number of ether oxygens (including phenoxy) is 3. The lowest BCUT2D eigenvalue weighted by molar-refractivity contribution is -0.146. The van der Waals surface area contributed by atoms with Crippen molar-refractivity contribution in [3.05, 3.63) is 22.2 Å². The van der Waals surface area contributed by atoms with Gasteiger partial charge in [-0.1, -0.05) is 31.9 Å². The quantitative estimate of drug-likeness (QED) is 0.556. The Labute approximate surface area is 132 Å². The Morgan fingerprint density at radius 1 is 1.47 bits per heavy atom. The van der Waals surface area contributed by atoms with Crippen LogP contribution in [-0.4, -0.2) is 23.5 Å². The topological polar surface area (TPSA) is 44.8 Å². The Kier molecular flexibility index (Phi) is 4.97. The third-order valence-electron chi connectivity index (χ3n) is 2.58. The highest BCUT2D eigenvalue weighted by Crippen LogP contribution is 2.41. The van der Waals surface area contributed by atoms with Gasteiger partial charge in [0.25, 0.3) is 0 Å². The largest absolute Gasteiger partial charge is 0.455 e. The molecule has 0 N–H and O–H groups in total. The molecule has 7 heteroatoms. The van der Waals surface area contributed by atoms with Crippen LogP contribution >= 0.6 is 43.5 Å². The van der Waals surface area contributed by atoms with Crippen LogP contribution in [0.25, 0.3) is 0 Å². The van der Waals surface area contributed by atoms with E-state index in [0.29, 0.717) is 11.5 Å². The van der Waals surface area contributed by atoms with Crippen molar-refractivity contribution in [2.24, 2.45) is 0 Å². The van der Waals surface area contributed by atoms with E-state index in [2.05, 4.69) is 31.9 Å². The second-order valence-electron chi connectivity index (χ2n) is 3.95. The number of fused-ring (bicyclic) bond motifs is 1. The number of carbonyl (C=O) groups excluding carboxylic acids is 1. The number of rotatable bonds is 4. The number of alkyl halides is 2. The van der Waals surface area contributed by atoms with Crippen LogP contribution in [0.5, 0.6) is 11.5 Å². The van der Waals surface area contributed by atoms with E-state index in [1.807, 2.05) is 6.92 Å².